The highest BCUT2D eigenvalue weighted by Crippen LogP contribution is 2.11. The monoisotopic (exact) mass is 456 g/mol. The minimum absolute atomic E-state index is 0. The third kappa shape index (κ3) is 6.97. The Balaban J connectivity index is 0.00000312. The van der Waals surface area contributed by atoms with Gasteiger partial charge >= 0.3 is 0 Å². The van der Waals surface area contributed by atoms with Gasteiger partial charge in [-0.1, -0.05) is 17.7 Å². The summed E-state index contributed by atoms with van der Waals surface area (Å²) in [5.74, 6) is 1.82. The maximum absolute atomic E-state index is 5.74. The summed E-state index contributed by atoms with van der Waals surface area (Å²) in [6.07, 6.45) is 2.98. The maximum atomic E-state index is 5.74. The Hall–Kier alpha value is -1.70. The van der Waals surface area contributed by atoms with Gasteiger partial charge in [0.05, 0.1) is 13.2 Å². The normalized spacial score (nSPS) is 11.0. The van der Waals surface area contributed by atoms with Crippen molar-refractivity contribution < 1.29 is 4.74 Å². The van der Waals surface area contributed by atoms with E-state index in [1.807, 2.05) is 26.2 Å². The van der Waals surface area contributed by atoms with Crippen molar-refractivity contribution >= 4 is 29.9 Å². The minimum Gasteiger partial charge on any atom is -0.494 e. The van der Waals surface area contributed by atoms with Crippen molar-refractivity contribution in [2.24, 2.45) is 12.0 Å². The number of aromatic nitrogens is 1. The summed E-state index contributed by atoms with van der Waals surface area (Å²) >= 11 is 0. The lowest BCUT2D eigenvalue weighted by Gasteiger charge is -2.22. The van der Waals surface area contributed by atoms with E-state index < -0.39 is 0 Å². The third-order valence-electron chi connectivity index (χ3n) is 3.92. The van der Waals surface area contributed by atoms with Gasteiger partial charge in [-0.15, -0.1) is 24.0 Å². The minimum atomic E-state index is 0. The van der Waals surface area contributed by atoms with E-state index in [9.17, 15) is 0 Å². The molecular formula is C19H29IN4O. The number of aryl methyl sites for hydroxylation is 2. The average molecular weight is 456 g/mol. The molecule has 5 nitrogen and oxygen atoms in total. The zero-order chi connectivity index (χ0) is 17.4. The predicted molar refractivity (Wildman–Crippen MR) is 115 cm³/mol. The molecule has 0 atom stereocenters. The van der Waals surface area contributed by atoms with Gasteiger partial charge in [-0.3, -0.25) is 4.99 Å². The molecule has 2 rings (SSSR count). The van der Waals surface area contributed by atoms with Crippen LogP contribution in [-0.2, 0) is 13.6 Å². The van der Waals surface area contributed by atoms with Crippen LogP contribution in [0.2, 0.25) is 0 Å². The Kier molecular flexibility index (Phi) is 9.41. The number of aliphatic imine (C=N–C) groups is 1. The number of nitrogens with zero attached hydrogens (tertiary/aromatic N) is 3. The van der Waals surface area contributed by atoms with Gasteiger partial charge in [0.25, 0.3) is 0 Å². The van der Waals surface area contributed by atoms with Gasteiger partial charge in [0.1, 0.15) is 5.75 Å². The van der Waals surface area contributed by atoms with Gasteiger partial charge < -0.3 is 19.5 Å². The van der Waals surface area contributed by atoms with E-state index in [2.05, 4.69) is 64.2 Å². The van der Waals surface area contributed by atoms with Crippen molar-refractivity contribution in [3.8, 4) is 5.75 Å². The van der Waals surface area contributed by atoms with E-state index in [-0.39, 0.29) is 24.0 Å². The summed E-state index contributed by atoms with van der Waals surface area (Å²) in [6.45, 7) is 4.42. The number of rotatable bonds is 7. The molecule has 0 aliphatic carbocycles. The quantitative estimate of drug-likeness (QED) is 0.301. The van der Waals surface area contributed by atoms with Crippen molar-refractivity contribution in [3.05, 3.63) is 53.9 Å². The van der Waals surface area contributed by atoms with Gasteiger partial charge in [-0.25, -0.2) is 0 Å². The summed E-state index contributed by atoms with van der Waals surface area (Å²) < 4.78 is 7.87. The molecule has 0 spiro atoms. The summed E-state index contributed by atoms with van der Waals surface area (Å²) in [6, 6.07) is 12.3. The molecule has 0 radical (unpaired) electrons. The Morgan fingerprint density at radius 2 is 1.96 bits per heavy atom. The fourth-order valence-electron chi connectivity index (χ4n) is 2.46. The Morgan fingerprint density at radius 1 is 1.24 bits per heavy atom. The molecule has 1 N–H and O–H groups in total. The smallest absolute Gasteiger partial charge is 0.193 e. The second-order valence-electron chi connectivity index (χ2n) is 5.96. The van der Waals surface area contributed by atoms with E-state index in [1.165, 1.54) is 11.3 Å². The van der Waals surface area contributed by atoms with Gasteiger partial charge in [0.15, 0.2) is 5.96 Å². The highest BCUT2D eigenvalue weighted by Gasteiger charge is 2.07. The predicted octanol–water partition coefficient (Wildman–Crippen LogP) is 3.43. The molecule has 0 aliphatic heterocycles. The number of benzene rings is 1. The lowest BCUT2D eigenvalue weighted by Crippen LogP contribution is -2.39. The molecule has 1 aromatic carbocycles. The summed E-state index contributed by atoms with van der Waals surface area (Å²) in [5.41, 5.74) is 2.50. The van der Waals surface area contributed by atoms with Crippen LogP contribution < -0.4 is 10.1 Å². The van der Waals surface area contributed by atoms with Crippen molar-refractivity contribution in [2.45, 2.75) is 19.9 Å². The molecule has 2 aromatic rings. The van der Waals surface area contributed by atoms with Crippen molar-refractivity contribution in [3.63, 3.8) is 0 Å². The van der Waals surface area contributed by atoms with Crippen molar-refractivity contribution in [1.29, 1.82) is 0 Å². The van der Waals surface area contributed by atoms with Crippen LogP contribution in [0, 0.1) is 6.92 Å². The highest BCUT2D eigenvalue weighted by molar-refractivity contribution is 14.0. The molecule has 138 valence electrons. The number of halogens is 1. The Morgan fingerprint density at radius 3 is 2.56 bits per heavy atom. The van der Waals surface area contributed by atoms with Crippen LogP contribution in [0.15, 0.2) is 47.6 Å². The summed E-state index contributed by atoms with van der Waals surface area (Å²) in [4.78, 5) is 6.47. The van der Waals surface area contributed by atoms with Gasteiger partial charge in [-0.2, -0.15) is 0 Å². The molecular weight excluding hydrogens is 427 g/mol. The summed E-state index contributed by atoms with van der Waals surface area (Å²) in [5, 5.41) is 3.38. The van der Waals surface area contributed by atoms with Crippen LogP contribution in [0.3, 0.4) is 0 Å². The van der Waals surface area contributed by atoms with E-state index in [0.717, 1.165) is 31.2 Å². The lowest BCUT2D eigenvalue weighted by atomic mass is 10.2. The lowest BCUT2D eigenvalue weighted by molar-refractivity contribution is 0.310. The summed E-state index contributed by atoms with van der Waals surface area (Å²) in [7, 11) is 5.92. The molecule has 6 heteroatoms. The van der Waals surface area contributed by atoms with Crippen LogP contribution in [-0.4, -0.2) is 42.7 Å². The highest BCUT2D eigenvalue weighted by atomic mass is 127. The van der Waals surface area contributed by atoms with Crippen molar-refractivity contribution in [2.75, 3.05) is 27.2 Å². The van der Waals surface area contributed by atoms with Crippen LogP contribution in [0.5, 0.6) is 5.75 Å². The second kappa shape index (κ2) is 11.0. The maximum Gasteiger partial charge on any atom is 0.193 e. The number of nitrogens with one attached hydrogen (secondary N) is 1. The molecule has 0 fully saturated rings. The molecule has 1 aromatic heterocycles. The van der Waals surface area contributed by atoms with Crippen LogP contribution in [0.25, 0.3) is 0 Å². The van der Waals surface area contributed by atoms with Crippen LogP contribution in [0.4, 0.5) is 0 Å². The molecule has 0 amide bonds. The Bertz CT molecular complexity index is 652. The largest absolute Gasteiger partial charge is 0.494 e. The average Bonchev–Trinajstić information content (AvgIpc) is 2.97. The first kappa shape index (κ1) is 21.3. The van der Waals surface area contributed by atoms with Crippen molar-refractivity contribution in [1.82, 2.24) is 14.8 Å². The van der Waals surface area contributed by atoms with E-state index in [1.54, 1.807) is 0 Å². The van der Waals surface area contributed by atoms with Gasteiger partial charge in [0, 0.05) is 39.6 Å². The standard InChI is InChI=1S/C19H28N4O.HI/c1-16-8-10-18(11-9-16)24-14-6-12-21-19(20-2)23(4)15-17-7-5-13-22(17)3;/h5,7-11,13H,6,12,14-15H2,1-4H3,(H,20,21);1H. The van der Waals surface area contributed by atoms with Crippen LogP contribution in [0.1, 0.15) is 17.7 Å². The van der Waals surface area contributed by atoms with E-state index in [0.29, 0.717) is 6.61 Å². The number of ether oxygens (including phenoxy) is 1. The second-order valence-corrected chi connectivity index (χ2v) is 5.96. The van der Waals surface area contributed by atoms with E-state index >= 15 is 0 Å². The van der Waals surface area contributed by atoms with Gasteiger partial charge in [-0.05, 0) is 37.6 Å². The number of guanidine groups is 1. The molecule has 0 saturated carbocycles. The zero-order valence-corrected chi connectivity index (χ0v) is 17.9. The van der Waals surface area contributed by atoms with Crippen LogP contribution >= 0.6 is 24.0 Å². The zero-order valence-electron chi connectivity index (χ0n) is 15.5. The fourth-order valence-corrected chi connectivity index (χ4v) is 2.46. The first-order valence-corrected chi connectivity index (χ1v) is 8.31. The molecule has 0 unspecified atom stereocenters. The Labute approximate surface area is 168 Å². The third-order valence-corrected chi connectivity index (χ3v) is 3.92. The topological polar surface area (TPSA) is 41.8 Å². The first-order chi connectivity index (χ1) is 11.6. The fraction of sp³-hybridized carbons (Fsp3) is 0.421. The van der Waals surface area contributed by atoms with Gasteiger partial charge in [0.2, 0.25) is 0 Å². The number of hydrogen-bond donors (Lipinski definition) is 1. The SMILES string of the molecule is CN=C(NCCCOc1ccc(C)cc1)N(C)Cc1cccn1C.I. The number of hydrogen-bond acceptors (Lipinski definition) is 2. The molecule has 25 heavy (non-hydrogen) atoms. The molecule has 1 heterocycles. The molecule has 0 aliphatic rings. The molecule has 0 saturated heterocycles. The first-order valence-electron chi connectivity index (χ1n) is 8.31. The molecule has 0 bridgehead atoms. The van der Waals surface area contributed by atoms with E-state index in [4.69, 9.17) is 4.74 Å².